The number of piperidine rings is 1. The highest BCUT2D eigenvalue weighted by Gasteiger charge is 2.46. The normalized spacial score (nSPS) is 26.0. The second-order valence-corrected chi connectivity index (χ2v) is 9.18. The highest BCUT2D eigenvalue weighted by atomic mass is 32.2. The summed E-state index contributed by atoms with van der Waals surface area (Å²) in [5, 5.41) is 1.06. The molecule has 26 heavy (non-hydrogen) atoms. The Hall–Kier alpha value is -1.90. The molecule has 2 aromatic rings. The van der Waals surface area contributed by atoms with E-state index in [9.17, 15) is 13.2 Å². The molecule has 1 saturated heterocycles. The minimum absolute atomic E-state index is 0.0403. The van der Waals surface area contributed by atoms with Gasteiger partial charge in [0.25, 0.3) is 0 Å². The molecule has 0 unspecified atom stereocenters. The molecule has 0 radical (unpaired) electrons. The first kappa shape index (κ1) is 17.5. The average molecular weight is 377 g/mol. The lowest BCUT2D eigenvalue weighted by atomic mass is 9.77. The highest BCUT2D eigenvalue weighted by Crippen LogP contribution is 2.45. The number of para-hydroxylation sites is 1. The number of rotatable bonds is 4. The Balaban J connectivity index is 1.93. The lowest BCUT2D eigenvalue weighted by molar-refractivity contribution is -0.118. The average Bonchev–Trinajstić information content (AvgIpc) is 2.88. The Kier molecular flexibility index (Phi) is 4.09. The van der Waals surface area contributed by atoms with Crippen LogP contribution in [0.15, 0.2) is 24.3 Å². The summed E-state index contributed by atoms with van der Waals surface area (Å²) in [5.74, 6) is -0.350. The summed E-state index contributed by atoms with van der Waals surface area (Å²) in [7, 11) is -1.70. The predicted molar refractivity (Wildman–Crippen MR) is 98.3 cm³/mol. The van der Waals surface area contributed by atoms with Gasteiger partial charge in [0.05, 0.1) is 12.4 Å². The zero-order valence-electron chi connectivity index (χ0n) is 14.9. The number of fused-ring (bicyclic) bond motifs is 6. The van der Waals surface area contributed by atoms with Gasteiger partial charge in [0, 0.05) is 42.2 Å². The molecule has 1 aromatic carbocycles. The van der Waals surface area contributed by atoms with Crippen LogP contribution in [0.25, 0.3) is 10.9 Å². The Morgan fingerprint density at radius 3 is 2.73 bits per heavy atom. The second kappa shape index (κ2) is 6.07. The number of nitrogens with zero attached hydrogens (tertiary/aromatic N) is 2. The molecule has 1 aliphatic heterocycles. The molecule has 1 aromatic heterocycles. The fourth-order valence-corrected chi connectivity index (χ4v) is 5.85. The van der Waals surface area contributed by atoms with Crippen LogP contribution in [0.4, 0.5) is 0 Å². The highest BCUT2D eigenvalue weighted by molar-refractivity contribution is 7.88. The summed E-state index contributed by atoms with van der Waals surface area (Å²) >= 11 is 0. The van der Waals surface area contributed by atoms with Crippen molar-refractivity contribution in [1.82, 2.24) is 8.87 Å². The maximum Gasteiger partial charge on any atom is 0.237 e. The first-order chi connectivity index (χ1) is 12.3. The zero-order valence-corrected chi connectivity index (χ0v) is 15.7. The van der Waals surface area contributed by atoms with E-state index < -0.39 is 15.9 Å². The topological polar surface area (TPSA) is 94.6 Å². The fourth-order valence-electron chi connectivity index (χ4n) is 4.73. The number of carbonyl (C=O) groups is 1. The van der Waals surface area contributed by atoms with Gasteiger partial charge in [-0.15, -0.1) is 0 Å². The number of benzene rings is 1. The van der Waals surface area contributed by atoms with Gasteiger partial charge in [0.1, 0.15) is 6.54 Å². The Bertz CT molecular complexity index is 982. The molecule has 0 spiro atoms. The van der Waals surface area contributed by atoms with Gasteiger partial charge in [-0.2, -0.15) is 4.31 Å². The molecule has 0 saturated carbocycles. The lowest BCUT2D eigenvalue weighted by Gasteiger charge is -2.45. The first-order valence-corrected chi connectivity index (χ1v) is 10.5. The zero-order chi connectivity index (χ0) is 18.6. The van der Waals surface area contributed by atoms with E-state index in [2.05, 4.69) is 0 Å². The molecular formula is C18H23N3O4S. The first-order valence-electron chi connectivity index (χ1n) is 8.69. The minimum Gasteiger partial charge on any atom is -0.379 e. The van der Waals surface area contributed by atoms with Crippen molar-refractivity contribution in [1.29, 1.82) is 0 Å². The molecule has 140 valence electrons. The van der Waals surface area contributed by atoms with Gasteiger partial charge in [0.15, 0.2) is 0 Å². The van der Waals surface area contributed by atoms with Gasteiger partial charge in [0.2, 0.25) is 15.9 Å². The van der Waals surface area contributed by atoms with E-state index in [4.69, 9.17) is 10.5 Å². The maximum absolute atomic E-state index is 12.3. The Morgan fingerprint density at radius 1 is 1.35 bits per heavy atom. The number of hydrogen-bond acceptors (Lipinski definition) is 4. The summed E-state index contributed by atoms with van der Waals surface area (Å²) in [5.41, 5.74) is 8.65. The number of sulfonamides is 1. The third-order valence-electron chi connectivity index (χ3n) is 5.70. The van der Waals surface area contributed by atoms with E-state index in [1.165, 1.54) is 6.26 Å². The number of methoxy groups -OCH3 is 1. The smallest absolute Gasteiger partial charge is 0.237 e. The lowest BCUT2D eigenvalue weighted by Crippen LogP contribution is -2.54. The molecule has 2 N–H and O–H groups in total. The van der Waals surface area contributed by atoms with E-state index in [1.54, 1.807) is 11.4 Å². The molecule has 2 aliphatic rings. The third kappa shape index (κ3) is 2.64. The molecule has 3 atom stereocenters. The molecule has 2 heterocycles. The van der Waals surface area contributed by atoms with Crippen LogP contribution in [0.5, 0.6) is 0 Å². The van der Waals surface area contributed by atoms with Crippen LogP contribution < -0.4 is 5.73 Å². The second-order valence-electron chi connectivity index (χ2n) is 7.24. The standard InChI is InChI=1S/C18H23N3O4S/c1-25-16-9-21(26(2,23)24)11-7-13-12-5-3-4-6-15(12)20(10-17(19)22)18(13)14(16)8-11/h3-6,11,14,16H,7-10H2,1-2H3,(H2,19,22)/t11-,14+,16-/m0/s1. The summed E-state index contributed by atoms with van der Waals surface area (Å²) in [6.45, 7) is 0.450. The van der Waals surface area contributed by atoms with Crippen LogP contribution in [-0.2, 0) is 32.5 Å². The van der Waals surface area contributed by atoms with Gasteiger partial charge in [-0.3, -0.25) is 4.79 Å². The van der Waals surface area contributed by atoms with Gasteiger partial charge in [-0.05, 0) is 24.5 Å². The molecule has 4 rings (SSSR count). The van der Waals surface area contributed by atoms with Crippen LogP contribution in [-0.4, -0.2) is 55.3 Å². The summed E-state index contributed by atoms with van der Waals surface area (Å²) in [6.07, 6.45) is 2.33. The number of nitrogens with two attached hydrogens (primary N) is 1. The number of aromatic nitrogens is 1. The molecule has 1 fully saturated rings. The Labute approximate surface area is 152 Å². The van der Waals surface area contributed by atoms with Crippen LogP contribution in [0.1, 0.15) is 23.6 Å². The summed E-state index contributed by atoms with van der Waals surface area (Å²) in [4.78, 5) is 11.7. The number of primary amides is 1. The number of hydrogen-bond donors (Lipinski definition) is 1. The summed E-state index contributed by atoms with van der Waals surface area (Å²) in [6, 6.07) is 7.83. The molecule has 1 aliphatic carbocycles. The number of amides is 1. The van der Waals surface area contributed by atoms with Crippen molar-refractivity contribution in [3.05, 3.63) is 35.5 Å². The van der Waals surface area contributed by atoms with Crippen molar-refractivity contribution >= 4 is 26.8 Å². The van der Waals surface area contributed by atoms with E-state index in [0.29, 0.717) is 19.4 Å². The van der Waals surface area contributed by atoms with Crippen molar-refractivity contribution in [2.45, 2.75) is 37.5 Å². The van der Waals surface area contributed by atoms with Crippen molar-refractivity contribution < 1.29 is 17.9 Å². The molecule has 1 amide bonds. The van der Waals surface area contributed by atoms with Gasteiger partial charge < -0.3 is 15.0 Å². The number of ether oxygens (including phenoxy) is 1. The molecule has 7 nitrogen and oxygen atoms in total. The molecule has 2 bridgehead atoms. The van der Waals surface area contributed by atoms with Crippen LogP contribution in [0.2, 0.25) is 0 Å². The molecular weight excluding hydrogens is 354 g/mol. The minimum atomic E-state index is -3.32. The van der Waals surface area contributed by atoms with Gasteiger partial charge >= 0.3 is 0 Å². The van der Waals surface area contributed by atoms with Gasteiger partial charge in [-0.25, -0.2) is 8.42 Å². The van der Waals surface area contributed by atoms with Crippen LogP contribution in [0.3, 0.4) is 0 Å². The summed E-state index contributed by atoms with van der Waals surface area (Å²) < 4.78 is 33.8. The number of carbonyl (C=O) groups excluding carboxylic acids is 1. The van der Waals surface area contributed by atoms with E-state index in [0.717, 1.165) is 22.2 Å². The van der Waals surface area contributed by atoms with Crippen molar-refractivity contribution in [3.63, 3.8) is 0 Å². The SMILES string of the molecule is CO[C@H]1CN(S(C)(=O)=O)[C@H]2Cc3c(n(CC(N)=O)c4ccccc34)[C@@H]1C2. The largest absolute Gasteiger partial charge is 0.379 e. The van der Waals surface area contributed by atoms with E-state index in [-0.39, 0.29) is 24.6 Å². The van der Waals surface area contributed by atoms with Crippen LogP contribution in [0, 0.1) is 0 Å². The van der Waals surface area contributed by atoms with Crippen molar-refractivity contribution in [2.75, 3.05) is 19.9 Å². The maximum atomic E-state index is 12.3. The van der Waals surface area contributed by atoms with E-state index >= 15 is 0 Å². The van der Waals surface area contributed by atoms with Crippen molar-refractivity contribution in [3.8, 4) is 0 Å². The molecule has 8 heteroatoms. The monoisotopic (exact) mass is 377 g/mol. The predicted octanol–water partition coefficient (Wildman–Crippen LogP) is 0.815. The fraction of sp³-hybridized carbons (Fsp3) is 0.500. The Morgan fingerprint density at radius 2 is 2.08 bits per heavy atom. The van der Waals surface area contributed by atoms with Crippen LogP contribution >= 0.6 is 0 Å². The van der Waals surface area contributed by atoms with Crippen molar-refractivity contribution in [2.24, 2.45) is 5.73 Å². The third-order valence-corrected chi connectivity index (χ3v) is 6.99. The van der Waals surface area contributed by atoms with E-state index in [1.807, 2.05) is 28.8 Å². The quantitative estimate of drug-likeness (QED) is 0.853. The van der Waals surface area contributed by atoms with Gasteiger partial charge in [-0.1, -0.05) is 18.2 Å².